The number of benzene rings is 1. The zero-order valence-electron chi connectivity index (χ0n) is 13.2. The van der Waals surface area contributed by atoms with Crippen molar-refractivity contribution in [1.29, 1.82) is 0 Å². The molecule has 0 radical (unpaired) electrons. The van der Waals surface area contributed by atoms with E-state index in [1.165, 1.54) is 15.5 Å². The highest BCUT2D eigenvalue weighted by Crippen LogP contribution is 2.34. The van der Waals surface area contributed by atoms with Crippen LogP contribution in [0.15, 0.2) is 48.9 Å². The van der Waals surface area contributed by atoms with Gasteiger partial charge in [0.2, 0.25) is 0 Å². The van der Waals surface area contributed by atoms with Crippen molar-refractivity contribution in [3.8, 4) is 11.3 Å². The van der Waals surface area contributed by atoms with Gasteiger partial charge in [-0.05, 0) is 30.5 Å². The summed E-state index contributed by atoms with van der Waals surface area (Å²) in [7, 11) is 0. The molecule has 114 valence electrons. The molecule has 0 spiro atoms. The largest absolute Gasteiger partial charge is 0.245 e. The third-order valence-corrected chi connectivity index (χ3v) is 4.97. The first kappa shape index (κ1) is 14.3. The minimum atomic E-state index is 0.583. The lowest BCUT2D eigenvalue weighted by Gasteiger charge is -2.06. The van der Waals surface area contributed by atoms with Gasteiger partial charge in [0.15, 0.2) is 0 Å². The Hall–Kier alpha value is -2.33. The van der Waals surface area contributed by atoms with Gasteiger partial charge in [-0.1, -0.05) is 32.0 Å². The highest BCUT2D eigenvalue weighted by atomic mass is 32.1. The van der Waals surface area contributed by atoms with Crippen LogP contribution in [0.3, 0.4) is 0 Å². The molecule has 0 unspecified atom stereocenters. The van der Waals surface area contributed by atoms with E-state index in [0.29, 0.717) is 5.92 Å². The molecule has 0 atom stereocenters. The van der Waals surface area contributed by atoms with Crippen LogP contribution in [0.4, 0.5) is 0 Å². The minimum Gasteiger partial charge on any atom is -0.245 e. The number of hydrogen-bond acceptors (Lipinski definition) is 4. The van der Waals surface area contributed by atoms with Gasteiger partial charge in [-0.2, -0.15) is 0 Å². The number of fused-ring (bicyclic) bond motifs is 3. The van der Waals surface area contributed by atoms with E-state index in [1.807, 2.05) is 6.20 Å². The Labute approximate surface area is 139 Å². The Morgan fingerprint density at radius 3 is 2.74 bits per heavy atom. The molecule has 0 N–H and O–H groups in total. The first-order valence-corrected chi connectivity index (χ1v) is 8.61. The lowest BCUT2D eigenvalue weighted by molar-refractivity contribution is 0.634. The maximum atomic E-state index is 4.64. The highest BCUT2D eigenvalue weighted by Gasteiger charge is 2.09. The fraction of sp³-hybridized carbons (Fsp3) is 0.211. The van der Waals surface area contributed by atoms with Gasteiger partial charge in [-0.15, -0.1) is 11.3 Å². The van der Waals surface area contributed by atoms with Crippen LogP contribution >= 0.6 is 11.3 Å². The van der Waals surface area contributed by atoms with E-state index < -0.39 is 0 Å². The fourth-order valence-electron chi connectivity index (χ4n) is 2.83. The van der Waals surface area contributed by atoms with E-state index >= 15 is 0 Å². The molecule has 3 heterocycles. The smallest absolute Gasteiger partial charge is 0.124 e. The van der Waals surface area contributed by atoms with Crippen LogP contribution < -0.4 is 0 Å². The summed E-state index contributed by atoms with van der Waals surface area (Å²) < 4.78 is 1.27. The fourth-order valence-corrected chi connectivity index (χ4v) is 3.86. The molecule has 1 aromatic carbocycles. The second-order valence-electron chi connectivity index (χ2n) is 6.17. The first-order chi connectivity index (χ1) is 11.2. The molecule has 0 bridgehead atoms. The zero-order chi connectivity index (χ0) is 15.8. The summed E-state index contributed by atoms with van der Waals surface area (Å²) in [5.74, 6) is 0.583. The SMILES string of the molecule is CC(C)Cc1cc(-c2cnc3sc4ccccc4c3c2)ncn1. The molecule has 4 rings (SSSR count). The predicted octanol–water partition coefficient (Wildman–Crippen LogP) is 5.11. The van der Waals surface area contributed by atoms with Gasteiger partial charge < -0.3 is 0 Å². The van der Waals surface area contributed by atoms with E-state index in [4.69, 9.17) is 0 Å². The van der Waals surface area contributed by atoms with Gasteiger partial charge in [0.05, 0.1) is 5.69 Å². The molecule has 4 aromatic rings. The summed E-state index contributed by atoms with van der Waals surface area (Å²) in [5, 5.41) is 2.46. The Morgan fingerprint density at radius 2 is 1.87 bits per heavy atom. The Balaban J connectivity index is 1.84. The van der Waals surface area contributed by atoms with Gasteiger partial charge in [0.1, 0.15) is 11.2 Å². The maximum absolute atomic E-state index is 4.64. The Bertz CT molecular complexity index is 988. The summed E-state index contributed by atoms with van der Waals surface area (Å²) in [5.41, 5.74) is 3.08. The van der Waals surface area contributed by atoms with Gasteiger partial charge in [-0.3, -0.25) is 0 Å². The molecule has 0 aliphatic rings. The summed E-state index contributed by atoms with van der Waals surface area (Å²) >= 11 is 1.73. The molecule has 4 heteroatoms. The average molecular weight is 319 g/mol. The number of rotatable bonds is 3. The number of nitrogens with zero attached hydrogens (tertiary/aromatic N) is 3. The molecule has 3 aromatic heterocycles. The summed E-state index contributed by atoms with van der Waals surface area (Å²) in [6.45, 7) is 4.40. The topological polar surface area (TPSA) is 38.7 Å². The molecule has 0 aliphatic heterocycles. The molecule has 0 aliphatic carbocycles. The van der Waals surface area contributed by atoms with E-state index in [1.54, 1.807) is 17.7 Å². The van der Waals surface area contributed by atoms with Crippen LogP contribution in [0.1, 0.15) is 19.5 Å². The van der Waals surface area contributed by atoms with Crippen molar-refractivity contribution in [3.05, 3.63) is 54.6 Å². The van der Waals surface area contributed by atoms with Crippen molar-refractivity contribution in [3.63, 3.8) is 0 Å². The Kier molecular flexibility index (Phi) is 3.54. The van der Waals surface area contributed by atoms with E-state index in [0.717, 1.165) is 28.2 Å². The standard InChI is InChI=1S/C19H17N3S/c1-12(2)7-14-9-17(22-11-21-14)13-8-16-15-5-3-4-6-18(15)23-19(16)20-10-13/h3-6,8-12H,7H2,1-2H3. The molecular weight excluding hydrogens is 302 g/mol. The molecule has 0 saturated carbocycles. The van der Waals surface area contributed by atoms with E-state index in [9.17, 15) is 0 Å². The second-order valence-corrected chi connectivity index (χ2v) is 7.20. The van der Waals surface area contributed by atoms with Gasteiger partial charge in [0, 0.05) is 32.9 Å². The average Bonchev–Trinajstić information content (AvgIpc) is 2.92. The lowest BCUT2D eigenvalue weighted by Crippen LogP contribution is -1.98. The molecule has 0 saturated heterocycles. The van der Waals surface area contributed by atoms with Crippen molar-refractivity contribution in [1.82, 2.24) is 15.0 Å². The van der Waals surface area contributed by atoms with Crippen molar-refractivity contribution >= 4 is 31.6 Å². The van der Waals surface area contributed by atoms with Gasteiger partial charge in [-0.25, -0.2) is 15.0 Å². The third kappa shape index (κ3) is 2.70. The number of hydrogen-bond donors (Lipinski definition) is 0. The number of aromatic nitrogens is 3. The summed E-state index contributed by atoms with van der Waals surface area (Å²) in [6, 6.07) is 12.7. The van der Waals surface area contributed by atoms with Crippen molar-refractivity contribution in [2.45, 2.75) is 20.3 Å². The molecule has 0 fully saturated rings. The highest BCUT2D eigenvalue weighted by molar-refractivity contribution is 7.25. The monoisotopic (exact) mass is 319 g/mol. The van der Waals surface area contributed by atoms with Gasteiger partial charge >= 0.3 is 0 Å². The molecule has 3 nitrogen and oxygen atoms in total. The zero-order valence-corrected chi connectivity index (χ0v) is 14.0. The van der Waals surface area contributed by atoms with Crippen LogP contribution in [0.5, 0.6) is 0 Å². The van der Waals surface area contributed by atoms with Crippen LogP contribution in [0, 0.1) is 5.92 Å². The summed E-state index contributed by atoms with van der Waals surface area (Å²) in [6.07, 6.45) is 4.54. The Morgan fingerprint density at radius 1 is 1.00 bits per heavy atom. The van der Waals surface area contributed by atoms with Crippen LogP contribution in [0.25, 0.3) is 31.6 Å². The van der Waals surface area contributed by atoms with Crippen LogP contribution in [0.2, 0.25) is 0 Å². The number of pyridine rings is 1. The lowest BCUT2D eigenvalue weighted by atomic mass is 10.1. The van der Waals surface area contributed by atoms with Crippen LogP contribution in [-0.2, 0) is 6.42 Å². The van der Waals surface area contributed by atoms with Crippen molar-refractivity contribution < 1.29 is 0 Å². The van der Waals surface area contributed by atoms with Gasteiger partial charge in [0.25, 0.3) is 0 Å². The summed E-state index contributed by atoms with van der Waals surface area (Å²) in [4.78, 5) is 14.5. The normalized spacial score (nSPS) is 11.6. The van der Waals surface area contributed by atoms with Crippen molar-refractivity contribution in [2.75, 3.05) is 0 Å². The molecule has 0 amide bonds. The van der Waals surface area contributed by atoms with Crippen LogP contribution in [-0.4, -0.2) is 15.0 Å². The van der Waals surface area contributed by atoms with E-state index in [-0.39, 0.29) is 0 Å². The van der Waals surface area contributed by atoms with E-state index in [2.05, 4.69) is 65.2 Å². The predicted molar refractivity (Wildman–Crippen MR) is 96.7 cm³/mol. The number of thiophene rings is 1. The first-order valence-electron chi connectivity index (χ1n) is 7.79. The van der Waals surface area contributed by atoms with Crippen molar-refractivity contribution in [2.24, 2.45) is 5.92 Å². The maximum Gasteiger partial charge on any atom is 0.124 e. The minimum absolute atomic E-state index is 0.583. The molecule has 23 heavy (non-hydrogen) atoms. The quantitative estimate of drug-likeness (QED) is 0.527. The third-order valence-electron chi connectivity index (χ3n) is 3.87. The molecular formula is C19H17N3S. The second kappa shape index (κ2) is 5.70.